The second-order valence-corrected chi connectivity index (χ2v) is 10.2. The average molecular weight is 529 g/mol. The lowest BCUT2D eigenvalue weighted by Crippen LogP contribution is -2.31. The molecular formula is C27H29ClN2O5S. The van der Waals surface area contributed by atoms with Crippen LogP contribution in [0.2, 0.25) is 5.02 Å². The van der Waals surface area contributed by atoms with E-state index in [1.165, 1.54) is 6.08 Å². The van der Waals surface area contributed by atoms with Gasteiger partial charge in [0.2, 0.25) is 15.9 Å². The van der Waals surface area contributed by atoms with E-state index in [9.17, 15) is 13.2 Å². The molecule has 0 aliphatic carbocycles. The van der Waals surface area contributed by atoms with E-state index in [4.69, 9.17) is 21.1 Å². The molecule has 0 spiro atoms. The molecule has 0 saturated heterocycles. The highest BCUT2D eigenvalue weighted by molar-refractivity contribution is 7.89. The molecule has 190 valence electrons. The summed E-state index contributed by atoms with van der Waals surface area (Å²) < 4.78 is 38.5. The van der Waals surface area contributed by atoms with Crippen LogP contribution < -0.4 is 14.2 Å². The Kier molecular flexibility index (Phi) is 9.52. The molecule has 0 fully saturated rings. The van der Waals surface area contributed by atoms with Gasteiger partial charge in [0.15, 0.2) is 0 Å². The van der Waals surface area contributed by atoms with Crippen molar-refractivity contribution in [3.05, 3.63) is 101 Å². The molecule has 0 unspecified atom stereocenters. The van der Waals surface area contributed by atoms with E-state index < -0.39 is 10.0 Å². The number of carbonyl (C=O) groups is 1. The Bertz CT molecular complexity index is 1290. The molecule has 0 heterocycles. The van der Waals surface area contributed by atoms with Crippen molar-refractivity contribution in [3.63, 3.8) is 0 Å². The van der Waals surface area contributed by atoms with Crippen LogP contribution in [0.15, 0.2) is 84.3 Å². The summed E-state index contributed by atoms with van der Waals surface area (Å²) in [5.41, 5.74) is 2.49. The highest BCUT2D eigenvalue weighted by atomic mass is 35.5. The normalized spacial score (nSPS) is 11.1. The van der Waals surface area contributed by atoms with E-state index in [0.717, 1.165) is 16.7 Å². The standard InChI is InChI=1S/C27H29ClN2O5S/c1-4-27(31)30(19-22-17-23(28)9-14-26(22)35-3)16-15-20-7-12-25(13-8-20)36(32,33)29-18-21-5-10-24(34-2)11-6-21/h4-14,17,29H,1,15-16,18-19H2,2-3H3. The maximum atomic E-state index is 12.7. The second kappa shape index (κ2) is 12.6. The highest BCUT2D eigenvalue weighted by Crippen LogP contribution is 2.24. The van der Waals surface area contributed by atoms with Crippen LogP contribution in [0, 0.1) is 0 Å². The number of rotatable bonds is 12. The van der Waals surface area contributed by atoms with Gasteiger partial charge in [-0.2, -0.15) is 0 Å². The van der Waals surface area contributed by atoms with Gasteiger partial charge in [-0.1, -0.05) is 42.4 Å². The zero-order chi connectivity index (χ0) is 26.1. The van der Waals surface area contributed by atoms with E-state index in [1.807, 2.05) is 0 Å². The summed E-state index contributed by atoms with van der Waals surface area (Å²) in [6, 6.07) is 19.0. The molecular weight excluding hydrogens is 500 g/mol. The molecule has 3 aromatic carbocycles. The van der Waals surface area contributed by atoms with Gasteiger partial charge in [0, 0.05) is 30.2 Å². The van der Waals surface area contributed by atoms with Crippen molar-refractivity contribution >= 4 is 27.5 Å². The minimum atomic E-state index is -3.68. The summed E-state index contributed by atoms with van der Waals surface area (Å²) in [4.78, 5) is 14.3. The molecule has 36 heavy (non-hydrogen) atoms. The fraction of sp³-hybridized carbons (Fsp3) is 0.222. The van der Waals surface area contributed by atoms with Crippen LogP contribution in [-0.4, -0.2) is 40.0 Å². The topological polar surface area (TPSA) is 84.9 Å². The number of ether oxygens (including phenoxy) is 2. The van der Waals surface area contributed by atoms with Crippen molar-refractivity contribution in [3.8, 4) is 11.5 Å². The van der Waals surface area contributed by atoms with Gasteiger partial charge in [-0.05, 0) is 66.1 Å². The Labute approximate surface area is 217 Å². The van der Waals surface area contributed by atoms with E-state index in [2.05, 4.69) is 11.3 Å². The summed E-state index contributed by atoms with van der Waals surface area (Å²) in [5.74, 6) is 1.12. The number of carbonyl (C=O) groups excluding carboxylic acids is 1. The predicted molar refractivity (Wildman–Crippen MR) is 141 cm³/mol. The molecule has 1 N–H and O–H groups in total. The lowest BCUT2D eigenvalue weighted by atomic mass is 10.1. The van der Waals surface area contributed by atoms with Gasteiger partial charge in [0.05, 0.1) is 19.1 Å². The van der Waals surface area contributed by atoms with E-state index in [-0.39, 0.29) is 17.3 Å². The van der Waals surface area contributed by atoms with Gasteiger partial charge in [0.25, 0.3) is 0 Å². The number of methoxy groups -OCH3 is 2. The van der Waals surface area contributed by atoms with Gasteiger partial charge in [-0.25, -0.2) is 13.1 Å². The lowest BCUT2D eigenvalue weighted by molar-refractivity contribution is -0.126. The van der Waals surface area contributed by atoms with Crippen LogP contribution in [0.5, 0.6) is 11.5 Å². The summed E-state index contributed by atoms with van der Waals surface area (Å²) in [7, 11) is -0.538. The lowest BCUT2D eigenvalue weighted by Gasteiger charge is -2.22. The van der Waals surface area contributed by atoms with Crippen molar-refractivity contribution in [1.29, 1.82) is 0 Å². The average Bonchev–Trinajstić information content (AvgIpc) is 2.90. The first-order valence-electron chi connectivity index (χ1n) is 11.2. The minimum absolute atomic E-state index is 0.166. The van der Waals surface area contributed by atoms with Crippen molar-refractivity contribution in [1.82, 2.24) is 9.62 Å². The fourth-order valence-electron chi connectivity index (χ4n) is 3.58. The Balaban J connectivity index is 1.64. The van der Waals surface area contributed by atoms with Crippen LogP contribution in [0.4, 0.5) is 0 Å². The molecule has 3 aromatic rings. The maximum absolute atomic E-state index is 12.7. The molecule has 1 amide bonds. The van der Waals surface area contributed by atoms with Crippen molar-refractivity contribution in [2.45, 2.75) is 24.4 Å². The molecule has 9 heteroatoms. The first-order valence-corrected chi connectivity index (χ1v) is 13.1. The zero-order valence-corrected chi connectivity index (χ0v) is 21.8. The molecule has 0 aliphatic heterocycles. The van der Waals surface area contributed by atoms with Crippen LogP contribution in [0.25, 0.3) is 0 Å². The number of nitrogens with one attached hydrogen (secondary N) is 1. The third-order valence-corrected chi connectivity index (χ3v) is 7.27. The van der Waals surface area contributed by atoms with Gasteiger partial charge < -0.3 is 14.4 Å². The Hall–Kier alpha value is -3.33. The molecule has 0 radical (unpaired) electrons. The third kappa shape index (κ3) is 7.34. The quantitative estimate of drug-likeness (QED) is 0.347. The smallest absolute Gasteiger partial charge is 0.246 e. The van der Waals surface area contributed by atoms with Crippen molar-refractivity contribution in [2.24, 2.45) is 0 Å². The number of sulfonamides is 1. The maximum Gasteiger partial charge on any atom is 0.246 e. The summed E-state index contributed by atoms with van der Waals surface area (Å²) in [5, 5.41) is 0.550. The largest absolute Gasteiger partial charge is 0.497 e. The van der Waals surface area contributed by atoms with Crippen LogP contribution in [0.3, 0.4) is 0 Å². The number of halogens is 1. The number of hydrogen-bond acceptors (Lipinski definition) is 5. The van der Waals surface area contributed by atoms with Gasteiger partial charge in [-0.3, -0.25) is 4.79 Å². The molecule has 0 aliphatic rings. The van der Waals surface area contributed by atoms with Gasteiger partial charge in [-0.15, -0.1) is 0 Å². The van der Waals surface area contributed by atoms with Crippen LogP contribution in [-0.2, 0) is 34.3 Å². The van der Waals surface area contributed by atoms with E-state index in [1.54, 1.807) is 85.8 Å². The molecule has 3 rings (SSSR count). The molecule has 0 atom stereocenters. The monoisotopic (exact) mass is 528 g/mol. The number of hydrogen-bond donors (Lipinski definition) is 1. The number of benzene rings is 3. The summed E-state index contributed by atoms with van der Waals surface area (Å²) >= 11 is 6.13. The SMILES string of the molecule is C=CC(=O)N(CCc1ccc(S(=O)(=O)NCc2ccc(OC)cc2)cc1)Cc1cc(Cl)ccc1OC. The first-order chi connectivity index (χ1) is 17.2. The second-order valence-electron chi connectivity index (χ2n) is 7.99. The Morgan fingerprint density at radius 2 is 1.67 bits per heavy atom. The van der Waals surface area contributed by atoms with Crippen molar-refractivity contribution in [2.75, 3.05) is 20.8 Å². The Morgan fingerprint density at radius 3 is 2.28 bits per heavy atom. The number of nitrogens with zero attached hydrogens (tertiary/aromatic N) is 1. The first kappa shape index (κ1) is 27.3. The van der Waals surface area contributed by atoms with E-state index >= 15 is 0 Å². The molecule has 7 nitrogen and oxygen atoms in total. The van der Waals surface area contributed by atoms with Gasteiger partial charge in [0.1, 0.15) is 11.5 Å². The van der Waals surface area contributed by atoms with Crippen LogP contribution in [0.1, 0.15) is 16.7 Å². The molecule has 0 bridgehead atoms. The molecule has 0 aromatic heterocycles. The van der Waals surface area contributed by atoms with E-state index in [0.29, 0.717) is 36.0 Å². The number of amides is 1. The zero-order valence-electron chi connectivity index (χ0n) is 20.2. The third-order valence-electron chi connectivity index (χ3n) is 5.62. The fourth-order valence-corrected chi connectivity index (χ4v) is 4.79. The Morgan fingerprint density at radius 1 is 1.00 bits per heavy atom. The summed E-state index contributed by atoms with van der Waals surface area (Å²) in [6.07, 6.45) is 1.79. The summed E-state index contributed by atoms with van der Waals surface area (Å²) in [6.45, 7) is 4.47. The highest BCUT2D eigenvalue weighted by Gasteiger charge is 2.16. The van der Waals surface area contributed by atoms with Gasteiger partial charge >= 0.3 is 0 Å². The minimum Gasteiger partial charge on any atom is -0.497 e. The van der Waals surface area contributed by atoms with Crippen LogP contribution >= 0.6 is 11.6 Å². The predicted octanol–water partition coefficient (Wildman–Crippen LogP) is 4.59. The van der Waals surface area contributed by atoms with Crippen molar-refractivity contribution < 1.29 is 22.7 Å². The molecule has 0 saturated carbocycles.